The molecule has 1 aliphatic carbocycles. The van der Waals surface area contributed by atoms with E-state index in [9.17, 15) is 4.79 Å². The molecule has 2 nitrogen and oxygen atoms in total. The molecule has 0 aromatic heterocycles. The van der Waals surface area contributed by atoms with Crippen molar-refractivity contribution in [2.45, 2.75) is 33.1 Å². The summed E-state index contributed by atoms with van der Waals surface area (Å²) in [5, 5.41) is 0. The van der Waals surface area contributed by atoms with Gasteiger partial charge < -0.3 is 4.90 Å². The van der Waals surface area contributed by atoms with Crippen molar-refractivity contribution in [3.8, 4) is 0 Å². The van der Waals surface area contributed by atoms with E-state index < -0.39 is 0 Å². The number of carbonyl (C=O) groups excluding carboxylic acids is 1. The molecule has 1 aliphatic rings. The Bertz CT molecular complexity index is 643. The quantitative estimate of drug-likeness (QED) is 0.570. The fourth-order valence-electron chi connectivity index (χ4n) is 3.15. The van der Waals surface area contributed by atoms with Crippen LogP contribution in [0.5, 0.6) is 0 Å². The third kappa shape index (κ3) is 4.01. The molecule has 2 atom stereocenters. The number of hydrogen-bond acceptors (Lipinski definition) is 2. The lowest BCUT2D eigenvalue weighted by molar-refractivity contribution is -0.105. The highest BCUT2D eigenvalue weighted by Crippen LogP contribution is 2.41. The van der Waals surface area contributed by atoms with Gasteiger partial charge in [-0.2, -0.15) is 0 Å². The van der Waals surface area contributed by atoms with Gasteiger partial charge >= 0.3 is 0 Å². The summed E-state index contributed by atoms with van der Waals surface area (Å²) in [7, 11) is 4.08. The fraction of sp³-hybridized carbons (Fsp3) is 0.381. The lowest BCUT2D eigenvalue weighted by Crippen LogP contribution is -2.20. The van der Waals surface area contributed by atoms with Gasteiger partial charge in [0.15, 0.2) is 0 Å². The van der Waals surface area contributed by atoms with Gasteiger partial charge in [0.1, 0.15) is 6.29 Å². The Morgan fingerprint density at radius 3 is 2.30 bits per heavy atom. The molecule has 0 radical (unpaired) electrons. The summed E-state index contributed by atoms with van der Waals surface area (Å²) in [5.41, 5.74) is 5.93. The molecule has 0 aliphatic heterocycles. The van der Waals surface area contributed by atoms with Gasteiger partial charge in [-0.15, -0.1) is 0 Å². The lowest BCUT2D eigenvalue weighted by Gasteiger charge is -2.31. The molecule has 1 aromatic rings. The molecule has 0 bridgehead atoms. The van der Waals surface area contributed by atoms with E-state index in [-0.39, 0.29) is 5.92 Å². The smallest absolute Gasteiger partial charge is 0.146 e. The van der Waals surface area contributed by atoms with E-state index in [0.717, 1.165) is 18.3 Å². The first kappa shape index (κ1) is 17.3. The van der Waals surface area contributed by atoms with Crippen LogP contribution in [0.4, 0.5) is 5.69 Å². The molecule has 2 heteroatoms. The molecule has 1 aromatic carbocycles. The lowest BCUT2D eigenvalue weighted by atomic mass is 9.72. The van der Waals surface area contributed by atoms with Crippen LogP contribution in [0.2, 0.25) is 0 Å². The minimum Gasteiger partial charge on any atom is -0.378 e. The summed E-state index contributed by atoms with van der Waals surface area (Å²) < 4.78 is 0. The topological polar surface area (TPSA) is 20.3 Å². The Hall–Kier alpha value is -2.09. The third-order valence-corrected chi connectivity index (χ3v) is 4.57. The monoisotopic (exact) mass is 309 g/mol. The normalized spacial score (nSPS) is 20.4. The van der Waals surface area contributed by atoms with Gasteiger partial charge in [0.2, 0.25) is 0 Å². The number of hydrogen-bond donors (Lipinski definition) is 0. The number of aldehydes is 1. The first-order valence-electron chi connectivity index (χ1n) is 8.18. The molecule has 0 saturated heterocycles. The maximum absolute atomic E-state index is 11.6. The highest BCUT2D eigenvalue weighted by atomic mass is 16.1. The Labute approximate surface area is 140 Å². The van der Waals surface area contributed by atoms with Crippen molar-refractivity contribution < 1.29 is 4.79 Å². The summed E-state index contributed by atoms with van der Waals surface area (Å²) in [5.74, 6) is 0.490. The number of anilines is 1. The van der Waals surface area contributed by atoms with Crippen LogP contribution in [0.3, 0.4) is 0 Å². The average Bonchev–Trinajstić information content (AvgIpc) is 2.53. The molecule has 0 amide bonds. The average molecular weight is 309 g/mol. The van der Waals surface area contributed by atoms with Crippen LogP contribution >= 0.6 is 0 Å². The summed E-state index contributed by atoms with van der Waals surface area (Å²) in [6.07, 6.45) is 8.33. The van der Waals surface area contributed by atoms with Gasteiger partial charge in [-0.25, -0.2) is 0 Å². The van der Waals surface area contributed by atoms with Crippen molar-refractivity contribution in [1.82, 2.24) is 0 Å². The van der Waals surface area contributed by atoms with Crippen molar-refractivity contribution >= 4 is 12.0 Å². The van der Waals surface area contributed by atoms with E-state index in [4.69, 9.17) is 0 Å². The second-order valence-corrected chi connectivity index (χ2v) is 6.78. The zero-order valence-electron chi connectivity index (χ0n) is 14.8. The van der Waals surface area contributed by atoms with E-state index in [0.29, 0.717) is 5.92 Å². The van der Waals surface area contributed by atoms with Crippen LogP contribution in [-0.4, -0.2) is 20.4 Å². The minimum absolute atomic E-state index is 0.143. The van der Waals surface area contributed by atoms with Gasteiger partial charge in [-0.05, 0) is 56.4 Å². The molecule has 23 heavy (non-hydrogen) atoms. The van der Waals surface area contributed by atoms with Gasteiger partial charge in [-0.1, -0.05) is 41.5 Å². The first-order valence-corrected chi connectivity index (χ1v) is 8.18. The van der Waals surface area contributed by atoms with Crippen molar-refractivity contribution in [1.29, 1.82) is 0 Å². The van der Waals surface area contributed by atoms with E-state index in [1.807, 2.05) is 20.2 Å². The predicted molar refractivity (Wildman–Crippen MR) is 99.0 cm³/mol. The Morgan fingerprint density at radius 2 is 1.78 bits per heavy atom. The molecule has 0 heterocycles. The largest absolute Gasteiger partial charge is 0.378 e. The minimum atomic E-state index is 0.143. The first-order chi connectivity index (χ1) is 10.9. The maximum Gasteiger partial charge on any atom is 0.146 e. The second kappa shape index (κ2) is 7.45. The zero-order valence-corrected chi connectivity index (χ0v) is 14.8. The molecule has 2 rings (SSSR count). The summed E-state index contributed by atoms with van der Waals surface area (Å²) in [4.78, 5) is 13.7. The number of carbonyl (C=O) groups is 1. The Balaban J connectivity index is 2.40. The summed E-state index contributed by atoms with van der Waals surface area (Å²) in [6.45, 7) is 6.42. The van der Waals surface area contributed by atoms with Crippen LogP contribution in [-0.2, 0) is 4.79 Å². The van der Waals surface area contributed by atoms with Crippen LogP contribution in [0, 0.1) is 5.92 Å². The van der Waals surface area contributed by atoms with Gasteiger partial charge in [0.25, 0.3) is 0 Å². The molecule has 0 saturated carbocycles. The van der Waals surface area contributed by atoms with Crippen LogP contribution in [0.25, 0.3) is 0 Å². The van der Waals surface area contributed by atoms with Crippen molar-refractivity contribution in [3.05, 3.63) is 64.8 Å². The molecule has 0 fully saturated rings. The van der Waals surface area contributed by atoms with Crippen molar-refractivity contribution in [2.75, 3.05) is 19.0 Å². The number of rotatable bonds is 5. The van der Waals surface area contributed by atoms with Crippen molar-refractivity contribution in [3.63, 3.8) is 0 Å². The highest BCUT2D eigenvalue weighted by molar-refractivity contribution is 5.78. The van der Waals surface area contributed by atoms with E-state index in [1.165, 1.54) is 22.4 Å². The number of benzene rings is 1. The molecular formula is C21H27NO. The molecule has 122 valence electrons. The third-order valence-electron chi connectivity index (χ3n) is 4.57. The Kier molecular flexibility index (Phi) is 5.59. The van der Waals surface area contributed by atoms with E-state index >= 15 is 0 Å². The highest BCUT2D eigenvalue weighted by Gasteiger charge is 2.29. The maximum atomic E-state index is 11.6. The van der Waals surface area contributed by atoms with Gasteiger partial charge in [-0.3, -0.25) is 4.79 Å². The summed E-state index contributed by atoms with van der Waals surface area (Å²) in [6, 6.07) is 8.57. The van der Waals surface area contributed by atoms with Crippen LogP contribution in [0.15, 0.2) is 59.2 Å². The molecular weight excluding hydrogens is 282 g/mol. The van der Waals surface area contributed by atoms with Gasteiger partial charge in [0.05, 0.1) is 0 Å². The van der Waals surface area contributed by atoms with Crippen molar-refractivity contribution in [2.24, 2.45) is 5.92 Å². The molecule has 0 N–H and O–H groups in total. The molecule has 0 spiro atoms. The second-order valence-electron chi connectivity index (χ2n) is 6.78. The van der Waals surface area contributed by atoms with Gasteiger partial charge in [0, 0.05) is 25.7 Å². The van der Waals surface area contributed by atoms with E-state index in [2.05, 4.69) is 62.1 Å². The molecule has 2 unspecified atom stereocenters. The number of nitrogens with zero attached hydrogens (tertiary/aromatic N) is 1. The van der Waals surface area contributed by atoms with Crippen LogP contribution in [0.1, 0.15) is 38.7 Å². The standard InChI is InChI=1S/C21H27NO/c1-15(2)6-13-20-16(3)7-8-18(14-23)21(20)17-9-11-19(12-10-17)22(4)5/h6-12,14,20-21H,13H2,1-5H3. The fourth-order valence-corrected chi connectivity index (χ4v) is 3.15. The number of allylic oxidation sites excluding steroid dienone is 6. The zero-order chi connectivity index (χ0) is 17.0. The Morgan fingerprint density at radius 1 is 1.13 bits per heavy atom. The van der Waals surface area contributed by atoms with Crippen LogP contribution < -0.4 is 4.90 Å². The summed E-state index contributed by atoms with van der Waals surface area (Å²) >= 11 is 0. The van der Waals surface area contributed by atoms with E-state index in [1.54, 1.807) is 0 Å². The SMILES string of the molecule is CC(C)=CCC1C(C)=CC=C(C=O)C1c1ccc(N(C)C)cc1. The predicted octanol–water partition coefficient (Wildman–Crippen LogP) is 4.89.